The van der Waals surface area contributed by atoms with Gasteiger partial charge in [0.1, 0.15) is 18.0 Å². The van der Waals surface area contributed by atoms with Crippen LogP contribution < -0.4 is 10.1 Å². The second-order valence-corrected chi connectivity index (χ2v) is 4.96. The Morgan fingerprint density at radius 3 is 3.25 bits per heavy atom. The van der Waals surface area contributed by atoms with Crippen molar-refractivity contribution < 1.29 is 4.74 Å². The van der Waals surface area contributed by atoms with Crippen molar-refractivity contribution in [1.29, 1.82) is 0 Å². The smallest absolute Gasteiger partial charge is 0.218 e. The predicted octanol–water partition coefficient (Wildman–Crippen LogP) is 1.75. The lowest BCUT2D eigenvalue weighted by Gasteiger charge is -2.24. The van der Waals surface area contributed by atoms with Crippen molar-refractivity contribution in [3.8, 4) is 5.88 Å². The first kappa shape index (κ1) is 12.9. The van der Waals surface area contributed by atoms with Crippen molar-refractivity contribution in [3.63, 3.8) is 0 Å². The molecule has 0 aliphatic carbocycles. The molecule has 1 atom stereocenters. The largest absolute Gasteiger partial charge is 0.478 e. The molecule has 6 heteroatoms. The number of anilines is 1. The standard InChI is InChI=1S/C14H19N5O/c1-2-20-14-7-12(17-10-18-14)16-8-11-3-4-13-15-5-6-19(13)9-11/h5-7,10-11H,2-4,8-9H2,1H3,(H,16,17,18)/t11-/m1/s1. The molecule has 6 nitrogen and oxygen atoms in total. The Morgan fingerprint density at radius 2 is 2.35 bits per heavy atom. The van der Waals surface area contributed by atoms with Crippen LogP contribution in [0.1, 0.15) is 19.2 Å². The maximum atomic E-state index is 5.37. The maximum absolute atomic E-state index is 5.37. The molecule has 2 aromatic rings. The Morgan fingerprint density at radius 1 is 1.40 bits per heavy atom. The molecule has 0 unspecified atom stereocenters. The highest BCUT2D eigenvalue weighted by atomic mass is 16.5. The van der Waals surface area contributed by atoms with Gasteiger partial charge in [0.2, 0.25) is 5.88 Å². The number of rotatable bonds is 5. The van der Waals surface area contributed by atoms with Gasteiger partial charge in [0, 0.05) is 38.0 Å². The van der Waals surface area contributed by atoms with Gasteiger partial charge in [-0.25, -0.2) is 15.0 Å². The van der Waals surface area contributed by atoms with Gasteiger partial charge in [-0.05, 0) is 19.3 Å². The van der Waals surface area contributed by atoms with E-state index in [0.717, 1.165) is 31.7 Å². The predicted molar refractivity (Wildman–Crippen MR) is 75.7 cm³/mol. The molecule has 0 bridgehead atoms. The third-order valence-electron chi connectivity index (χ3n) is 3.54. The Labute approximate surface area is 118 Å². The summed E-state index contributed by atoms with van der Waals surface area (Å²) in [4.78, 5) is 12.6. The molecular formula is C14H19N5O. The maximum Gasteiger partial charge on any atom is 0.218 e. The van der Waals surface area contributed by atoms with Crippen LogP contribution in [-0.2, 0) is 13.0 Å². The summed E-state index contributed by atoms with van der Waals surface area (Å²) in [6.07, 6.45) is 7.67. The van der Waals surface area contributed by atoms with E-state index in [4.69, 9.17) is 4.74 Å². The topological polar surface area (TPSA) is 64.9 Å². The van der Waals surface area contributed by atoms with Crippen LogP contribution in [0.3, 0.4) is 0 Å². The first-order valence-electron chi connectivity index (χ1n) is 7.04. The normalized spacial score (nSPS) is 17.6. The Kier molecular flexibility index (Phi) is 3.80. The molecule has 3 rings (SSSR count). The highest BCUT2D eigenvalue weighted by molar-refractivity contribution is 5.37. The zero-order chi connectivity index (χ0) is 13.8. The average Bonchev–Trinajstić information content (AvgIpc) is 2.93. The molecule has 0 aromatic carbocycles. The van der Waals surface area contributed by atoms with Crippen molar-refractivity contribution >= 4 is 5.82 Å². The number of nitrogens with zero attached hydrogens (tertiary/aromatic N) is 4. The van der Waals surface area contributed by atoms with Crippen molar-refractivity contribution in [2.24, 2.45) is 5.92 Å². The first-order chi connectivity index (χ1) is 9.85. The summed E-state index contributed by atoms with van der Waals surface area (Å²) < 4.78 is 7.61. The average molecular weight is 273 g/mol. The number of aryl methyl sites for hydroxylation is 1. The summed E-state index contributed by atoms with van der Waals surface area (Å²) in [6.45, 7) is 4.48. The van der Waals surface area contributed by atoms with E-state index in [1.165, 1.54) is 12.2 Å². The van der Waals surface area contributed by atoms with E-state index >= 15 is 0 Å². The van der Waals surface area contributed by atoms with Gasteiger partial charge in [0.25, 0.3) is 0 Å². The van der Waals surface area contributed by atoms with Crippen molar-refractivity contribution in [3.05, 3.63) is 30.6 Å². The fourth-order valence-electron chi connectivity index (χ4n) is 2.52. The van der Waals surface area contributed by atoms with Crippen LogP contribution >= 0.6 is 0 Å². The monoisotopic (exact) mass is 273 g/mol. The van der Waals surface area contributed by atoms with Crippen molar-refractivity contribution in [1.82, 2.24) is 19.5 Å². The van der Waals surface area contributed by atoms with E-state index in [0.29, 0.717) is 18.4 Å². The second kappa shape index (κ2) is 5.90. The summed E-state index contributed by atoms with van der Waals surface area (Å²) in [7, 11) is 0. The molecule has 0 radical (unpaired) electrons. The summed E-state index contributed by atoms with van der Waals surface area (Å²) in [6, 6.07) is 1.84. The van der Waals surface area contributed by atoms with Gasteiger partial charge in [-0.3, -0.25) is 0 Å². The zero-order valence-corrected chi connectivity index (χ0v) is 11.6. The minimum atomic E-state index is 0.599. The van der Waals surface area contributed by atoms with E-state index in [-0.39, 0.29) is 0 Å². The summed E-state index contributed by atoms with van der Waals surface area (Å²) >= 11 is 0. The van der Waals surface area contributed by atoms with Crippen LogP contribution in [-0.4, -0.2) is 32.7 Å². The molecule has 106 valence electrons. The summed E-state index contributed by atoms with van der Waals surface area (Å²) in [5.74, 6) is 3.23. The number of ether oxygens (including phenoxy) is 1. The lowest BCUT2D eigenvalue weighted by atomic mass is 9.99. The van der Waals surface area contributed by atoms with Gasteiger partial charge >= 0.3 is 0 Å². The van der Waals surface area contributed by atoms with Gasteiger partial charge in [-0.15, -0.1) is 0 Å². The minimum absolute atomic E-state index is 0.599. The van der Waals surface area contributed by atoms with Crippen LogP contribution in [0.2, 0.25) is 0 Å². The fraction of sp³-hybridized carbons (Fsp3) is 0.500. The van der Waals surface area contributed by atoms with Crippen LogP contribution in [0.15, 0.2) is 24.8 Å². The van der Waals surface area contributed by atoms with Crippen LogP contribution in [0.5, 0.6) is 5.88 Å². The third kappa shape index (κ3) is 2.89. The van der Waals surface area contributed by atoms with Gasteiger partial charge in [0.15, 0.2) is 0 Å². The molecule has 1 aliphatic heterocycles. The molecular weight excluding hydrogens is 254 g/mol. The molecule has 0 saturated carbocycles. The van der Waals surface area contributed by atoms with E-state index in [1.54, 1.807) is 0 Å². The Bertz CT molecular complexity index is 568. The van der Waals surface area contributed by atoms with E-state index in [9.17, 15) is 0 Å². The van der Waals surface area contributed by atoms with E-state index < -0.39 is 0 Å². The fourth-order valence-corrected chi connectivity index (χ4v) is 2.52. The molecule has 2 aromatic heterocycles. The van der Waals surface area contributed by atoms with Gasteiger partial charge in [0.05, 0.1) is 6.61 Å². The lowest BCUT2D eigenvalue weighted by Crippen LogP contribution is -2.26. The van der Waals surface area contributed by atoms with E-state index in [1.807, 2.05) is 19.2 Å². The Balaban J connectivity index is 1.56. The van der Waals surface area contributed by atoms with Gasteiger partial charge in [-0.1, -0.05) is 0 Å². The highest BCUT2D eigenvalue weighted by Gasteiger charge is 2.18. The Hall–Kier alpha value is -2.11. The number of aromatic nitrogens is 4. The molecule has 1 N–H and O–H groups in total. The second-order valence-electron chi connectivity index (χ2n) is 4.96. The van der Waals surface area contributed by atoms with Crippen LogP contribution in [0.25, 0.3) is 0 Å². The number of imidazole rings is 1. The molecule has 0 spiro atoms. The number of nitrogens with one attached hydrogen (secondary N) is 1. The molecule has 20 heavy (non-hydrogen) atoms. The van der Waals surface area contributed by atoms with Crippen molar-refractivity contribution in [2.45, 2.75) is 26.3 Å². The summed E-state index contributed by atoms with van der Waals surface area (Å²) in [5, 5.41) is 3.37. The van der Waals surface area contributed by atoms with Gasteiger partial charge < -0.3 is 14.6 Å². The molecule has 1 aliphatic rings. The van der Waals surface area contributed by atoms with Crippen molar-refractivity contribution in [2.75, 3.05) is 18.5 Å². The molecule has 0 fully saturated rings. The third-order valence-corrected chi connectivity index (χ3v) is 3.54. The molecule has 0 saturated heterocycles. The quantitative estimate of drug-likeness (QED) is 0.899. The number of fused-ring (bicyclic) bond motifs is 1. The lowest BCUT2D eigenvalue weighted by molar-refractivity contribution is 0.326. The number of hydrogen-bond acceptors (Lipinski definition) is 5. The molecule has 0 amide bonds. The van der Waals surface area contributed by atoms with E-state index in [2.05, 4.69) is 31.0 Å². The minimum Gasteiger partial charge on any atom is -0.478 e. The summed E-state index contributed by atoms with van der Waals surface area (Å²) in [5.41, 5.74) is 0. The SMILES string of the molecule is CCOc1cc(NC[C@H]2CCc3nccn3C2)ncn1. The van der Waals surface area contributed by atoms with Crippen LogP contribution in [0, 0.1) is 5.92 Å². The van der Waals surface area contributed by atoms with Gasteiger partial charge in [-0.2, -0.15) is 0 Å². The highest BCUT2D eigenvalue weighted by Crippen LogP contribution is 2.19. The first-order valence-corrected chi connectivity index (χ1v) is 7.04. The molecule has 3 heterocycles. The number of hydrogen-bond donors (Lipinski definition) is 1. The van der Waals surface area contributed by atoms with Crippen LogP contribution in [0.4, 0.5) is 5.82 Å². The zero-order valence-electron chi connectivity index (χ0n) is 11.6.